The van der Waals surface area contributed by atoms with Gasteiger partial charge in [0.05, 0.1) is 0 Å². The highest BCUT2D eigenvalue weighted by molar-refractivity contribution is 6.31. The Morgan fingerprint density at radius 3 is 2.80 bits per heavy atom. The van der Waals surface area contributed by atoms with E-state index in [1.165, 1.54) is 6.92 Å². The average molecular weight is 305 g/mol. The number of halogens is 4. The van der Waals surface area contributed by atoms with Crippen LogP contribution in [-0.4, -0.2) is 23.1 Å². The van der Waals surface area contributed by atoms with Crippen LogP contribution in [0.3, 0.4) is 0 Å². The summed E-state index contributed by atoms with van der Waals surface area (Å²) in [4.78, 5) is 13.9. The van der Waals surface area contributed by atoms with Gasteiger partial charge in [0.1, 0.15) is 0 Å². The van der Waals surface area contributed by atoms with E-state index in [9.17, 15) is 18.0 Å². The van der Waals surface area contributed by atoms with Crippen LogP contribution in [0.4, 0.5) is 13.2 Å². The van der Waals surface area contributed by atoms with Gasteiger partial charge in [-0.25, -0.2) is 0 Å². The summed E-state index contributed by atoms with van der Waals surface area (Å²) in [5.41, 5.74) is 1.65. The molecule has 0 bridgehead atoms. The van der Waals surface area contributed by atoms with Crippen molar-refractivity contribution in [2.45, 2.75) is 25.6 Å². The molecule has 0 spiro atoms. The number of hydrogen-bond donors (Lipinski definition) is 2. The quantitative estimate of drug-likeness (QED) is 0.896. The predicted molar refractivity (Wildman–Crippen MR) is 70.7 cm³/mol. The van der Waals surface area contributed by atoms with Crippen LogP contribution in [0.1, 0.15) is 12.5 Å². The molecule has 0 fully saturated rings. The summed E-state index contributed by atoms with van der Waals surface area (Å²) in [5.74, 6) is -1.93. The topological polar surface area (TPSA) is 44.9 Å². The van der Waals surface area contributed by atoms with Gasteiger partial charge in [0.25, 0.3) is 0 Å². The first-order valence-electron chi connectivity index (χ1n) is 5.90. The lowest BCUT2D eigenvalue weighted by Crippen LogP contribution is -2.42. The molecule has 20 heavy (non-hydrogen) atoms. The van der Waals surface area contributed by atoms with E-state index in [2.05, 4.69) is 4.98 Å². The smallest absolute Gasteiger partial charge is 0.361 e. The predicted octanol–water partition coefficient (Wildman–Crippen LogP) is 3.43. The highest BCUT2D eigenvalue weighted by Gasteiger charge is 2.39. The van der Waals surface area contributed by atoms with Crippen LogP contribution >= 0.6 is 11.6 Å². The molecule has 108 valence electrons. The second kappa shape index (κ2) is 5.36. The van der Waals surface area contributed by atoms with Gasteiger partial charge in [-0.15, -0.1) is 0 Å². The zero-order chi connectivity index (χ0) is 14.9. The van der Waals surface area contributed by atoms with E-state index < -0.39 is 18.1 Å². The molecule has 7 heteroatoms. The van der Waals surface area contributed by atoms with Crippen molar-refractivity contribution < 1.29 is 18.0 Å². The van der Waals surface area contributed by atoms with Crippen molar-refractivity contribution in [3.8, 4) is 0 Å². The van der Waals surface area contributed by atoms with E-state index >= 15 is 0 Å². The molecule has 0 saturated heterocycles. The Kier molecular flexibility index (Phi) is 3.94. The third-order valence-electron chi connectivity index (χ3n) is 2.89. The van der Waals surface area contributed by atoms with Gasteiger partial charge in [-0.2, -0.15) is 13.2 Å². The maximum absolute atomic E-state index is 12.2. The fraction of sp³-hybridized carbons (Fsp3) is 0.308. The molecule has 0 saturated carbocycles. The molecule has 0 aliphatic rings. The first kappa shape index (κ1) is 14.7. The van der Waals surface area contributed by atoms with Crippen LogP contribution in [0.25, 0.3) is 10.9 Å². The Hall–Kier alpha value is -1.69. The SMILES string of the molecule is CC(Cc1c[nH]c2ccc(Cl)cc12)NC(=O)C(F)(F)F. The summed E-state index contributed by atoms with van der Waals surface area (Å²) in [6.07, 6.45) is -2.88. The van der Waals surface area contributed by atoms with Gasteiger partial charge in [0.2, 0.25) is 0 Å². The molecular formula is C13H12ClF3N2O. The number of aromatic amines is 1. The fourth-order valence-electron chi connectivity index (χ4n) is 2.01. The maximum Gasteiger partial charge on any atom is 0.471 e. The standard InChI is InChI=1S/C13H12ClF3N2O/c1-7(19-12(20)13(15,16)17)4-8-6-18-11-3-2-9(14)5-10(8)11/h2-3,5-7,18H,4H2,1H3,(H,19,20). The van der Waals surface area contributed by atoms with Crippen molar-refractivity contribution >= 4 is 28.4 Å². The van der Waals surface area contributed by atoms with Crippen LogP contribution in [0.15, 0.2) is 24.4 Å². The van der Waals surface area contributed by atoms with Crippen molar-refractivity contribution in [3.63, 3.8) is 0 Å². The molecule has 3 nitrogen and oxygen atoms in total. The minimum atomic E-state index is -4.86. The molecule has 1 aromatic carbocycles. The lowest BCUT2D eigenvalue weighted by molar-refractivity contribution is -0.174. The van der Waals surface area contributed by atoms with E-state index in [0.717, 1.165) is 16.5 Å². The molecule has 0 aliphatic heterocycles. The normalized spacial score (nSPS) is 13.4. The molecule has 1 atom stereocenters. The zero-order valence-electron chi connectivity index (χ0n) is 10.5. The number of carbonyl (C=O) groups is 1. The van der Waals surface area contributed by atoms with E-state index in [0.29, 0.717) is 5.02 Å². The van der Waals surface area contributed by atoms with Crippen molar-refractivity contribution in [1.82, 2.24) is 10.3 Å². The van der Waals surface area contributed by atoms with E-state index in [1.807, 2.05) is 5.32 Å². The van der Waals surface area contributed by atoms with Crippen LogP contribution in [0.5, 0.6) is 0 Å². The minimum Gasteiger partial charge on any atom is -0.361 e. The first-order valence-corrected chi connectivity index (χ1v) is 6.28. The van der Waals surface area contributed by atoms with Crippen LogP contribution in [-0.2, 0) is 11.2 Å². The molecule has 2 N–H and O–H groups in total. The largest absolute Gasteiger partial charge is 0.471 e. The fourth-order valence-corrected chi connectivity index (χ4v) is 2.18. The van der Waals surface area contributed by atoms with Gasteiger partial charge < -0.3 is 10.3 Å². The van der Waals surface area contributed by atoms with Crippen LogP contribution in [0, 0.1) is 0 Å². The Morgan fingerprint density at radius 1 is 1.45 bits per heavy atom. The number of nitrogens with one attached hydrogen (secondary N) is 2. The molecule has 0 radical (unpaired) electrons. The summed E-state index contributed by atoms with van der Waals surface area (Å²) in [6, 6.07) is 4.61. The van der Waals surface area contributed by atoms with Gasteiger partial charge in [-0.05, 0) is 37.1 Å². The monoisotopic (exact) mass is 304 g/mol. The number of H-pyrrole nitrogens is 1. The lowest BCUT2D eigenvalue weighted by Gasteiger charge is -2.14. The molecule has 1 heterocycles. The number of amides is 1. The molecule has 1 unspecified atom stereocenters. The van der Waals surface area contributed by atoms with Crippen molar-refractivity contribution in [2.24, 2.45) is 0 Å². The van der Waals surface area contributed by atoms with Gasteiger partial charge in [-0.1, -0.05) is 11.6 Å². The molecule has 2 rings (SSSR count). The number of benzene rings is 1. The van der Waals surface area contributed by atoms with E-state index in [1.54, 1.807) is 24.4 Å². The van der Waals surface area contributed by atoms with Gasteiger partial charge in [0.15, 0.2) is 0 Å². The molecule has 1 amide bonds. The number of hydrogen-bond acceptors (Lipinski definition) is 1. The highest BCUT2D eigenvalue weighted by atomic mass is 35.5. The molecule has 2 aromatic rings. The third kappa shape index (κ3) is 3.25. The Bertz CT molecular complexity index is 636. The lowest BCUT2D eigenvalue weighted by atomic mass is 10.1. The Labute approximate surface area is 118 Å². The third-order valence-corrected chi connectivity index (χ3v) is 3.13. The van der Waals surface area contributed by atoms with Crippen molar-refractivity contribution in [2.75, 3.05) is 0 Å². The molecule has 1 aromatic heterocycles. The number of carbonyl (C=O) groups excluding carboxylic acids is 1. The Morgan fingerprint density at radius 2 is 2.15 bits per heavy atom. The summed E-state index contributed by atoms with van der Waals surface area (Å²) < 4.78 is 36.5. The maximum atomic E-state index is 12.2. The van der Waals surface area contributed by atoms with E-state index in [4.69, 9.17) is 11.6 Å². The second-order valence-corrected chi connectivity index (χ2v) is 5.02. The van der Waals surface area contributed by atoms with Crippen molar-refractivity contribution in [1.29, 1.82) is 0 Å². The van der Waals surface area contributed by atoms with Gasteiger partial charge in [-0.3, -0.25) is 4.79 Å². The zero-order valence-corrected chi connectivity index (χ0v) is 11.3. The minimum absolute atomic E-state index is 0.280. The highest BCUT2D eigenvalue weighted by Crippen LogP contribution is 2.23. The average Bonchev–Trinajstić information content (AvgIpc) is 2.70. The van der Waals surface area contributed by atoms with Crippen molar-refractivity contribution in [3.05, 3.63) is 35.0 Å². The summed E-state index contributed by atoms with van der Waals surface area (Å²) in [6.45, 7) is 1.52. The van der Waals surface area contributed by atoms with Crippen LogP contribution < -0.4 is 5.32 Å². The number of alkyl halides is 3. The molecular weight excluding hydrogens is 293 g/mol. The number of fused-ring (bicyclic) bond motifs is 1. The van der Waals surface area contributed by atoms with E-state index in [-0.39, 0.29) is 6.42 Å². The number of rotatable bonds is 3. The first-order chi connectivity index (χ1) is 9.27. The Balaban J connectivity index is 2.12. The summed E-state index contributed by atoms with van der Waals surface area (Å²) in [7, 11) is 0. The number of aromatic nitrogens is 1. The molecule has 0 aliphatic carbocycles. The summed E-state index contributed by atoms with van der Waals surface area (Å²) in [5, 5.41) is 3.31. The second-order valence-electron chi connectivity index (χ2n) is 4.58. The summed E-state index contributed by atoms with van der Waals surface area (Å²) >= 11 is 5.90. The van der Waals surface area contributed by atoms with Crippen LogP contribution in [0.2, 0.25) is 5.02 Å². The van der Waals surface area contributed by atoms with Gasteiger partial charge in [0, 0.05) is 28.2 Å². The van der Waals surface area contributed by atoms with Gasteiger partial charge >= 0.3 is 12.1 Å².